The molecular weight excluding hydrogens is 212 g/mol. The third-order valence-corrected chi connectivity index (χ3v) is 3.12. The van der Waals surface area contributed by atoms with Gasteiger partial charge in [0.2, 0.25) is 5.91 Å². The molecule has 1 aromatic rings. The second-order valence-corrected chi connectivity index (χ2v) is 4.69. The van der Waals surface area contributed by atoms with Crippen LogP contribution in [0.4, 0.5) is 0 Å². The molecule has 0 fully saturated rings. The van der Waals surface area contributed by atoms with E-state index in [0.717, 1.165) is 25.0 Å². The van der Waals surface area contributed by atoms with Gasteiger partial charge in [0.05, 0.1) is 5.71 Å². The van der Waals surface area contributed by atoms with Crippen LogP contribution in [0.25, 0.3) is 0 Å². The van der Waals surface area contributed by atoms with Gasteiger partial charge in [-0.25, -0.2) is 5.43 Å². The molecule has 0 spiro atoms. The average molecular weight is 230 g/mol. The molecule has 90 valence electrons. The molecule has 0 atom stereocenters. The van der Waals surface area contributed by atoms with Crippen molar-refractivity contribution in [3.8, 4) is 0 Å². The molecule has 17 heavy (non-hydrogen) atoms. The maximum Gasteiger partial charge on any atom is 0.236 e. The van der Waals surface area contributed by atoms with Crippen LogP contribution >= 0.6 is 0 Å². The monoisotopic (exact) mass is 230 g/mol. The first-order chi connectivity index (χ1) is 8.08. The number of carbonyl (C=O) groups is 1. The summed E-state index contributed by atoms with van der Waals surface area (Å²) in [5.41, 5.74) is 8.72. The zero-order valence-electron chi connectivity index (χ0n) is 10.6. The Morgan fingerprint density at radius 2 is 2.06 bits per heavy atom. The Hall–Kier alpha value is -1.64. The van der Waals surface area contributed by atoms with Crippen LogP contribution in [-0.2, 0) is 11.2 Å². The van der Waals surface area contributed by atoms with Gasteiger partial charge in [-0.05, 0) is 50.3 Å². The summed E-state index contributed by atoms with van der Waals surface area (Å²) in [5, 5.41) is 4.22. The van der Waals surface area contributed by atoms with Gasteiger partial charge in [0.15, 0.2) is 0 Å². The van der Waals surface area contributed by atoms with E-state index in [2.05, 4.69) is 36.5 Å². The SMILES string of the molecule is CC(=O)NN=C1CCCc2c(C)cc(C)cc21. The van der Waals surface area contributed by atoms with Crippen LogP contribution < -0.4 is 5.43 Å². The number of nitrogens with one attached hydrogen (secondary N) is 1. The van der Waals surface area contributed by atoms with Crippen molar-refractivity contribution in [2.75, 3.05) is 0 Å². The van der Waals surface area contributed by atoms with E-state index in [1.807, 2.05) is 0 Å². The first-order valence-corrected chi connectivity index (χ1v) is 6.01. The van der Waals surface area contributed by atoms with Crippen LogP contribution in [-0.4, -0.2) is 11.6 Å². The summed E-state index contributed by atoms with van der Waals surface area (Å²) >= 11 is 0. The van der Waals surface area contributed by atoms with Gasteiger partial charge < -0.3 is 0 Å². The lowest BCUT2D eigenvalue weighted by Gasteiger charge is -2.20. The van der Waals surface area contributed by atoms with Crippen molar-refractivity contribution < 1.29 is 4.79 Å². The Morgan fingerprint density at radius 3 is 2.76 bits per heavy atom. The second kappa shape index (κ2) is 4.70. The number of amides is 1. The fraction of sp³-hybridized carbons (Fsp3) is 0.429. The van der Waals surface area contributed by atoms with Crippen molar-refractivity contribution in [1.29, 1.82) is 0 Å². The molecule has 1 aliphatic rings. The average Bonchev–Trinajstić information content (AvgIpc) is 2.26. The molecule has 0 radical (unpaired) electrons. The molecule has 0 aromatic heterocycles. The van der Waals surface area contributed by atoms with Crippen molar-refractivity contribution in [2.24, 2.45) is 5.10 Å². The number of nitrogens with zero attached hydrogens (tertiary/aromatic N) is 1. The number of fused-ring (bicyclic) bond motifs is 1. The molecule has 0 bridgehead atoms. The Bertz CT molecular complexity index is 489. The second-order valence-electron chi connectivity index (χ2n) is 4.69. The predicted molar refractivity (Wildman–Crippen MR) is 69.2 cm³/mol. The topological polar surface area (TPSA) is 41.5 Å². The molecule has 2 rings (SSSR count). The lowest BCUT2D eigenvalue weighted by Crippen LogP contribution is -2.20. The highest BCUT2D eigenvalue weighted by molar-refractivity contribution is 6.03. The number of hydrogen-bond donors (Lipinski definition) is 1. The van der Waals surface area contributed by atoms with Crippen molar-refractivity contribution >= 4 is 11.6 Å². The third-order valence-electron chi connectivity index (χ3n) is 3.12. The normalized spacial score (nSPS) is 16.8. The lowest BCUT2D eigenvalue weighted by atomic mass is 9.86. The van der Waals surface area contributed by atoms with Crippen LogP contribution in [0.1, 0.15) is 42.0 Å². The smallest absolute Gasteiger partial charge is 0.236 e. The van der Waals surface area contributed by atoms with E-state index in [1.165, 1.54) is 29.2 Å². The van der Waals surface area contributed by atoms with Gasteiger partial charge >= 0.3 is 0 Å². The van der Waals surface area contributed by atoms with E-state index in [9.17, 15) is 4.79 Å². The first kappa shape index (κ1) is 11.8. The van der Waals surface area contributed by atoms with Gasteiger partial charge in [0.1, 0.15) is 0 Å². The summed E-state index contributed by atoms with van der Waals surface area (Å²) in [6.45, 7) is 5.72. The highest BCUT2D eigenvalue weighted by Gasteiger charge is 2.17. The summed E-state index contributed by atoms with van der Waals surface area (Å²) < 4.78 is 0. The molecule has 0 saturated carbocycles. The van der Waals surface area contributed by atoms with E-state index in [0.29, 0.717) is 0 Å². The molecule has 3 nitrogen and oxygen atoms in total. The van der Waals surface area contributed by atoms with E-state index in [-0.39, 0.29) is 5.91 Å². The Kier molecular flexibility index (Phi) is 3.27. The summed E-state index contributed by atoms with van der Waals surface area (Å²) in [4.78, 5) is 10.9. The number of hydrazone groups is 1. The summed E-state index contributed by atoms with van der Waals surface area (Å²) in [7, 11) is 0. The minimum atomic E-state index is -0.117. The number of aryl methyl sites for hydroxylation is 2. The largest absolute Gasteiger partial charge is 0.274 e. The number of benzene rings is 1. The van der Waals surface area contributed by atoms with Crippen LogP contribution in [0.2, 0.25) is 0 Å². The van der Waals surface area contributed by atoms with Gasteiger partial charge in [-0.3, -0.25) is 4.79 Å². The van der Waals surface area contributed by atoms with Gasteiger partial charge in [-0.2, -0.15) is 5.10 Å². The molecular formula is C14H18N2O. The van der Waals surface area contributed by atoms with Gasteiger partial charge in [-0.15, -0.1) is 0 Å². The van der Waals surface area contributed by atoms with Crippen LogP contribution in [0, 0.1) is 13.8 Å². The van der Waals surface area contributed by atoms with E-state index in [4.69, 9.17) is 0 Å². The maximum atomic E-state index is 10.9. The highest BCUT2D eigenvalue weighted by Crippen LogP contribution is 2.26. The zero-order chi connectivity index (χ0) is 12.4. The maximum absolute atomic E-state index is 10.9. The van der Waals surface area contributed by atoms with E-state index < -0.39 is 0 Å². The molecule has 0 unspecified atom stereocenters. The molecule has 0 saturated heterocycles. The van der Waals surface area contributed by atoms with Gasteiger partial charge in [0.25, 0.3) is 0 Å². The van der Waals surface area contributed by atoms with Crippen LogP contribution in [0.5, 0.6) is 0 Å². The summed E-state index contributed by atoms with van der Waals surface area (Å²) in [6, 6.07) is 4.38. The van der Waals surface area contributed by atoms with Gasteiger partial charge in [0, 0.05) is 12.5 Å². The number of carbonyl (C=O) groups excluding carboxylic acids is 1. The molecule has 0 heterocycles. The standard InChI is InChI=1S/C14H18N2O/c1-9-7-10(2)12-5-4-6-14(13(12)8-9)16-15-11(3)17/h7-8H,4-6H2,1-3H3,(H,15,17). The molecule has 0 aliphatic heterocycles. The van der Waals surface area contributed by atoms with Crippen molar-refractivity contribution in [3.05, 3.63) is 34.4 Å². The first-order valence-electron chi connectivity index (χ1n) is 6.01. The Labute approximate surface area is 102 Å². The molecule has 3 heteroatoms. The number of rotatable bonds is 1. The van der Waals surface area contributed by atoms with Crippen molar-refractivity contribution in [3.63, 3.8) is 0 Å². The Balaban J connectivity index is 2.43. The summed E-state index contributed by atoms with van der Waals surface area (Å²) in [6.07, 6.45) is 3.16. The molecule has 1 N–H and O–H groups in total. The zero-order valence-corrected chi connectivity index (χ0v) is 10.6. The molecule has 1 amide bonds. The third kappa shape index (κ3) is 2.54. The fourth-order valence-corrected chi connectivity index (χ4v) is 2.42. The Morgan fingerprint density at radius 1 is 1.29 bits per heavy atom. The lowest BCUT2D eigenvalue weighted by molar-refractivity contribution is -0.118. The number of hydrogen-bond acceptors (Lipinski definition) is 2. The summed E-state index contributed by atoms with van der Waals surface area (Å²) in [5.74, 6) is -0.117. The predicted octanol–water partition coefficient (Wildman–Crippen LogP) is 2.48. The minimum Gasteiger partial charge on any atom is -0.274 e. The molecule has 1 aromatic carbocycles. The van der Waals surface area contributed by atoms with Crippen molar-refractivity contribution in [1.82, 2.24) is 5.43 Å². The van der Waals surface area contributed by atoms with E-state index in [1.54, 1.807) is 0 Å². The molecule has 1 aliphatic carbocycles. The minimum absolute atomic E-state index is 0.117. The van der Waals surface area contributed by atoms with Gasteiger partial charge in [-0.1, -0.05) is 11.6 Å². The van der Waals surface area contributed by atoms with E-state index >= 15 is 0 Å². The highest BCUT2D eigenvalue weighted by atomic mass is 16.2. The van der Waals surface area contributed by atoms with Crippen LogP contribution in [0.3, 0.4) is 0 Å². The van der Waals surface area contributed by atoms with Crippen molar-refractivity contribution in [2.45, 2.75) is 40.0 Å². The fourth-order valence-electron chi connectivity index (χ4n) is 2.42. The quantitative estimate of drug-likeness (QED) is 0.740. The van der Waals surface area contributed by atoms with Crippen LogP contribution in [0.15, 0.2) is 17.2 Å².